The van der Waals surface area contributed by atoms with Crippen LogP contribution in [0.15, 0.2) is 29.2 Å². The zero-order valence-electron chi connectivity index (χ0n) is 14.3. The normalized spacial score (nSPS) is 13.0. The number of aryl methyl sites for hydroxylation is 1. The van der Waals surface area contributed by atoms with Crippen molar-refractivity contribution < 1.29 is 19.6 Å². The van der Waals surface area contributed by atoms with Gasteiger partial charge in [0.1, 0.15) is 9.88 Å². The third-order valence-corrected chi connectivity index (χ3v) is 5.91. The van der Waals surface area contributed by atoms with E-state index < -0.39 is 22.2 Å². The molecule has 0 saturated carbocycles. The number of nitro groups is 1. The Hall–Kier alpha value is -2.46. The Kier molecular flexibility index (Phi) is 6.32. The molecular formula is C16H17N3O5S2. The van der Waals surface area contributed by atoms with Crippen LogP contribution in [-0.4, -0.2) is 32.1 Å². The van der Waals surface area contributed by atoms with Gasteiger partial charge in [0, 0.05) is 17.0 Å². The third kappa shape index (κ3) is 4.79. The van der Waals surface area contributed by atoms with E-state index in [1.54, 1.807) is 32.9 Å². The van der Waals surface area contributed by atoms with Crippen LogP contribution in [0.3, 0.4) is 0 Å². The maximum absolute atomic E-state index is 12.4. The first-order valence-electron chi connectivity index (χ1n) is 7.61. The third-order valence-electron chi connectivity index (χ3n) is 3.47. The Labute approximate surface area is 157 Å². The number of benzene rings is 1. The number of nitrogens with one attached hydrogen (secondary N) is 1. The average Bonchev–Trinajstić information content (AvgIpc) is 2.97. The van der Waals surface area contributed by atoms with Crippen LogP contribution in [0.25, 0.3) is 0 Å². The monoisotopic (exact) mass is 395 g/mol. The number of thiazole rings is 1. The minimum atomic E-state index is -1.04. The number of carboxylic acid groups (broad SMARTS) is 1. The Morgan fingerprint density at radius 1 is 1.31 bits per heavy atom. The molecule has 10 heteroatoms. The minimum Gasteiger partial charge on any atom is -0.477 e. The molecular weight excluding hydrogens is 378 g/mol. The van der Waals surface area contributed by atoms with Crippen LogP contribution in [0, 0.1) is 17.0 Å². The fourth-order valence-electron chi connectivity index (χ4n) is 2.10. The maximum atomic E-state index is 12.4. The first-order chi connectivity index (χ1) is 12.2. The molecule has 26 heavy (non-hydrogen) atoms. The molecule has 0 aliphatic heterocycles. The number of amides is 1. The minimum absolute atomic E-state index is 0.00606. The highest BCUT2D eigenvalue weighted by Crippen LogP contribution is 2.27. The van der Waals surface area contributed by atoms with Crippen LogP contribution >= 0.6 is 23.1 Å². The molecule has 1 heterocycles. The van der Waals surface area contributed by atoms with Crippen LogP contribution in [0.2, 0.25) is 0 Å². The lowest BCUT2D eigenvalue weighted by Gasteiger charge is -2.15. The quantitative estimate of drug-likeness (QED) is 0.418. The number of aromatic carboxylic acids is 1. The average molecular weight is 395 g/mol. The number of hydrogen-bond acceptors (Lipinski definition) is 7. The molecule has 0 aliphatic carbocycles. The molecule has 1 aromatic carbocycles. The molecule has 2 aromatic rings. The number of nitro benzene ring substituents is 1. The fourth-order valence-corrected chi connectivity index (χ4v) is 3.88. The molecule has 0 fully saturated rings. The van der Waals surface area contributed by atoms with Crippen molar-refractivity contribution in [2.24, 2.45) is 0 Å². The Balaban J connectivity index is 1.98. The second kappa shape index (κ2) is 8.28. The van der Waals surface area contributed by atoms with Gasteiger partial charge in [-0.3, -0.25) is 14.9 Å². The van der Waals surface area contributed by atoms with E-state index in [-0.39, 0.29) is 16.5 Å². The zero-order valence-corrected chi connectivity index (χ0v) is 15.9. The van der Waals surface area contributed by atoms with Crippen molar-refractivity contribution in [1.29, 1.82) is 0 Å². The number of carboxylic acids is 1. The SMILES string of the molecule is Cc1nc(C(C)NC(=O)C(C)Sc2ccc([N+](=O)[O-])cc2)sc1C(=O)O. The molecule has 0 saturated heterocycles. The van der Waals surface area contributed by atoms with Crippen LogP contribution < -0.4 is 5.32 Å². The van der Waals surface area contributed by atoms with Crippen molar-refractivity contribution >= 4 is 40.7 Å². The molecule has 0 radical (unpaired) electrons. The summed E-state index contributed by atoms with van der Waals surface area (Å²) in [6, 6.07) is 5.56. The Morgan fingerprint density at radius 3 is 2.42 bits per heavy atom. The van der Waals surface area contributed by atoms with Crippen molar-refractivity contribution in [2.45, 2.75) is 37.0 Å². The summed E-state index contributed by atoms with van der Waals surface area (Å²) in [6.45, 7) is 5.08. The van der Waals surface area contributed by atoms with E-state index in [9.17, 15) is 19.7 Å². The molecule has 0 bridgehead atoms. The molecule has 8 nitrogen and oxygen atoms in total. The summed E-state index contributed by atoms with van der Waals surface area (Å²) in [5.41, 5.74) is 0.417. The van der Waals surface area contributed by atoms with Crippen LogP contribution in [0.5, 0.6) is 0 Å². The number of hydrogen-bond donors (Lipinski definition) is 2. The van der Waals surface area contributed by atoms with Crippen LogP contribution in [0.1, 0.15) is 40.3 Å². The van der Waals surface area contributed by atoms with E-state index in [1.165, 1.54) is 23.9 Å². The van der Waals surface area contributed by atoms with E-state index in [4.69, 9.17) is 5.11 Å². The van der Waals surface area contributed by atoms with Gasteiger partial charge in [0.25, 0.3) is 5.69 Å². The van der Waals surface area contributed by atoms with Crippen molar-refractivity contribution in [1.82, 2.24) is 10.3 Å². The second-order valence-corrected chi connectivity index (χ2v) is 7.96. The van der Waals surface area contributed by atoms with Gasteiger partial charge in [0.05, 0.1) is 21.9 Å². The number of nitrogens with zero attached hydrogens (tertiary/aromatic N) is 2. The highest BCUT2D eigenvalue weighted by Gasteiger charge is 2.22. The second-order valence-electron chi connectivity index (χ2n) is 5.51. The molecule has 138 valence electrons. The predicted octanol–water partition coefficient (Wildman–Crippen LogP) is 3.42. The largest absolute Gasteiger partial charge is 0.477 e. The van der Waals surface area contributed by atoms with Crippen LogP contribution in [0.4, 0.5) is 5.69 Å². The lowest BCUT2D eigenvalue weighted by Crippen LogP contribution is -2.33. The van der Waals surface area contributed by atoms with Gasteiger partial charge in [0.15, 0.2) is 0 Å². The van der Waals surface area contributed by atoms with Crippen molar-refractivity contribution in [3.05, 3.63) is 50.0 Å². The summed E-state index contributed by atoms with van der Waals surface area (Å²) >= 11 is 2.32. The maximum Gasteiger partial charge on any atom is 0.347 e. The van der Waals surface area contributed by atoms with Crippen molar-refractivity contribution in [3.8, 4) is 0 Å². The Bertz CT molecular complexity index is 835. The highest BCUT2D eigenvalue weighted by atomic mass is 32.2. The van der Waals surface area contributed by atoms with Gasteiger partial charge in [-0.15, -0.1) is 23.1 Å². The summed E-state index contributed by atoms with van der Waals surface area (Å²) in [5.74, 6) is -1.27. The molecule has 2 N–H and O–H groups in total. The van der Waals surface area contributed by atoms with E-state index in [2.05, 4.69) is 10.3 Å². The molecule has 1 aromatic heterocycles. The number of carbonyl (C=O) groups excluding carboxylic acids is 1. The first-order valence-corrected chi connectivity index (χ1v) is 9.30. The van der Waals surface area contributed by atoms with Gasteiger partial charge in [0.2, 0.25) is 5.91 Å². The standard InChI is InChI=1S/C16H17N3O5S2/c1-8-13(16(21)22)26-15(18-8)9(2)17-14(20)10(3)25-12-6-4-11(5-7-12)19(23)24/h4-7,9-10H,1-3H3,(H,17,20)(H,21,22). The van der Waals surface area contributed by atoms with E-state index in [0.717, 1.165) is 16.2 Å². The first kappa shape index (κ1) is 19.9. The lowest BCUT2D eigenvalue weighted by atomic mass is 10.3. The number of rotatable bonds is 7. The van der Waals surface area contributed by atoms with Gasteiger partial charge in [-0.2, -0.15) is 0 Å². The number of aromatic nitrogens is 1. The van der Waals surface area contributed by atoms with E-state index in [0.29, 0.717) is 10.7 Å². The smallest absolute Gasteiger partial charge is 0.347 e. The Morgan fingerprint density at radius 2 is 1.92 bits per heavy atom. The molecule has 1 amide bonds. The zero-order chi connectivity index (χ0) is 19.4. The molecule has 0 aliphatic rings. The molecule has 0 spiro atoms. The number of thioether (sulfide) groups is 1. The molecule has 2 rings (SSSR count). The highest BCUT2D eigenvalue weighted by molar-refractivity contribution is 8.00. The van der Waals surface area contributed by atoms with Gasteiger partial charge < -0.3 is 10.4 Å². The summed E-state index contributed by atoms with van der Waals surface area (Å²) in [4.78, 5) is 38.7. The summed E-state index contributed by atoms with van der Waals surface area (Å²) in [5, 5.41) is 22.7. The van der Waals surface area contributed by atoms with Crippen molar-refractivity contribution in [3.63, 3.8) is 0 Å². The molecule has 2 atom stereocenters. The number of carbonyl (C=O) groups is 2. The fraction of sp³-hybridized carbons (Fsp3) is 0.312. The van der Waals surface area contributed by atoms with Gasteiger partial charge in [-0.1, -0.05) is 0 Å². The summed E-state index contributed by atoms with van der Waals surface area (Å²) in [7, 11) is 0. The van der Waals surface area contributed by atoms with Gasteiger partial charge in [-0.25, -0.2) is 9.78 Å². The molecule has 2 unspecified atom stereocenters. The van der Waals surface area contributed by atoms with E-state index in [1.807, 2.05) is 0 Å². The summed E-state index contributed by atoms with van der Waals surface area (Å²) in [6.07, 6.45) is 0. The topological polar surface area (TPSA) is 122 Å². The van der Waals surface area contributed by atoms with E-state index >= 15 is 0 Å². The summed E-state index contributed by atoms with van der Waals surface area (Å²) < 4.78 is 0. The van der Waals surface area contributed by atoms with Gasteiger partial charge >= 0.3 is 5.97 Å². The lowest BCUT2D eigenvalue weighted by molar-refractivity contribution is -0.384. The predicted molar refractivity (Wildman–Crippen MR) is 98.8 cm³/mol. The number of non-ortho nitro benzene ring substituents is 1. The van der Waals surface area contributed by atoms with Crippen molar-refractivity contribution in [2.75, 3.05) is 0 Å². The van der Waals surface area contributed by atoms with Crippen LogP contribution in [-0.2, 0) is 4.79 Å². The van der Waals surface area contributed by atoms with Gasteiger partial charge in [-0.05, 0) is 32.9 Å².